The number of aliphatic carboxylic acids is 1. The summed E-state index contributed by atoms with van der Waals surface area (Å²) >= 11 is 0. The Kier molecular flexibility index (Phi) is 4.61. The third-order valence-corrected chi connectivity index (χ3v) is 3.63. The molecule has 0 aliphatic heterocycles. The molecule has 108 valence electrons. The fraction of sp³-hybridized carbons (Fsp3) is 0.467. The molecule has 0 spiro atoms. The van der Waals surface area contributed by atoms with Crippen LogP contribution in [0.3, 0.4) is 0 Å². The monoisotopic (exact) mass is 276 g/mol. The van der Waals surface area contributed by atoms with Crippen LogP contribution in [0.4, 0.5) is 11.4 Å². The summed E-state index contributed by atoms with van der Waals surface area (Å²) in [4.78, 5) is 21.9. The standard InChI is InChI=1S/C15H20N2O3/c1-10(18)16-13-3-2-4-14(9-13)17-12-7-5-11(6-8-12)15(19)20/h2-4,9,11-12,17H,5-8H2,1H3,(H,16,18)(H,19,20). The van der Waals surface area contributed by atoms with E-state index in [1.807, 2.05) is 24.3 Å². The highest BCUT2D eigenvalue weighted by atomic mass is 16.4. The van der Waals surface area contributed by atoms with Gasteiger partial charge in [-0.2, -0.15) is 0 Å². The molecule has 1 saturated carbocycles. The molecule has 5 heteroatoms. The van der Waals surface area contributed by atoms with Crippen molar-refractivity contribution in [3.8, 4) is 0 Å². The second-order valence-corrected chi connectivity index (χ2v) is 5.29. The summed E-state index contributed by atoms with van der Waals surface area (Å²) in [6, 6.07) is 7.88. The van der Waals surface area contributed by atoms with Crippen LogP contribution in [0, 0.1) is 5.92 Å². The van der Waals surface area contributed by atoms with Gasteiger partial charge in [-0.25, -0.2) is 0 Å². The number of hydrogen-bond acceptors (Lipinski definition) is 3. The smallest absolute Gasteiger partial charge is 0.306 e. The van der Waals surface area contributed by atoms with E-state index in [1.54, 1.807) is 0 Å². The van der Waals surface area contributed by atoms with E-state index in [1.165, 1.54) is 6.92 Å². The second kappa shape index (κ2) is 6.41. The molecule has 0 saturated heterocycles. The average Bonchev–Trinajstić information content (AvgIpc) is 2.39. The van der Waals surface area contributed by atoms with Gasteiger partial charge >= 0.3 is 5.97 Å². The van der Waals surface area contributed by atoms with Gasteiger partial charge in [0, 0.05) is 24.3 Å². The Morgan fingerprint density at radius 2 is 1.80 bits per heavy atom. The summed E-state index contributed by atoms with van der Waals surface area (Å²) in [5.41, 5.74) is 1.72. The van der Waals surface area contributed by atoms with Crippen LogP contribution in [0.25, 0.3) is 0 Å². The highest BCUT2D eigenvalue weighted by Crippen LogP contribution is 2.27. The fourth-order valence-corrected chi connectivity index (χ4v) is 2.61. The maximum atomic E-state index is 11.0. The van der Waals surface area contributed by atoms with Gasteiger partial charge in [0.25, 0.3) is 0 Å². The molecule has 1 aromatic carbocycles. The molecule has 1 aliphatic rings. The first-order chi connectivity index (χ1) is 9.54. The first-order valence-electron chi connectivity index (χ1n) is 6.91. The summed E-state index contributed by atoms with van der Waals surface area (Å²) < 4.78 is 0. The Labute approximate surface area is 118 Å². The summed E-state index contributed by atoms with van der Waals surface area (Å²) in [5, 5.41) is 15.1. The van der Waals surface area contributed by atoms with E-state index in [0.717, 1.165) is 37.1 Å². The van der Waals surface area contributed by atoms with Gasteiger partial charge in [0.2, 0.25) is 5.91 Å². The zero-order chi connectivity index (χ0) is 14.5. The number of rotatable bonds is 4. The first kappa shape index (κ1) is 14.4. The second-order valence-electron chi connectivity index (χ2n) is 5.29. The van der Waals surface area contributed by atoms with E-state index in [9.17, 15) is 9.59 Å². The summed E-state index contributed by atoms with van der Waals surface area (Å²) in [6.07, 6.45) is 3.17. The number of carbonyl (C=O) groups is 2. The third-order valence-electron chi connectivity index (χ3n) is 3.63. The lowest BCUT2D eigenvalue weighted by molar-refractivity contribution is -0.142. The molecule has 0 radical (unpaired) electrons. The first-order valence-corrected chi connectivity index (χ1v) is 6.91. The number of carbonyl (C=O) groups excluding carboxylic acids is 1. The van der Waals surface area contributed by atoms with Crippen LogP contribution in [0.1, 0.15) is 32.6 Å². The minimum atomic E-state index is -0.684. The molecule has 1 aromatic rings. The van der Waals surface area contributed by atoms with Crippen molar-refractivity contribution in [3.63, 3.8) is 0 Å². The maximum absolute atomic E-state index is 11.0. The van der Waals surface area contributed by atoms with E-state index < -0.39 is 5.97 Å². The Balaban J connectivity index is 1.91. The molecular formula is C15H20N2O3. The SMILES string of the molecule is CC(=O)Nc1cccc(NC2CCC(C(=O)O)CC2)c1. The highest BCUT2D eigenvalue weighted by Gasteiger charge is 2.25. The molecule has 3 N–H and O–H groups in total. The van der Waals surface area contributed by atoms with Crippen molar-refractivity contribution in [2.75, 3.05) is 10.6 Å². The van der Waals surface area contributed by atoms with Gasteiger partial charge in [0.15, 0.2) is 0 Å². The van der Waals surface area contributed by atoms with Gasteiger partial charge in [-0.15, -0.1) is 0 Å². The highest BCUT2D eigenvalue weighted by molar-refractivity contribution is 5.89. The summed E-state index contributed by atoms with van der Waals surface area (Å²) in [7, 11) is 0. The number of amides is 1. The topological polar surface area (TPSA) is 78.4 Å². The number of nitrogens with one attached hydrogen (secondary N) is 2. The van der Waals surface area contributed by atoms with Crippen LogP contribution >= 0.6 is 0 Å². The van der Waals surface area contributed by atoms with Crippen molar-refractivity contribution in [1.82, 2.24) is 0 Å². The van der Waals surface area contributed by atoms with Gasteiger partial charge < -0.3 is 15.7 Å². The Bertz CT molecular complexity index is 494. The van der Waals surface area contributed by atoms with Gasteiger partial charge in [-0.1, -0.05) is 6.07 Å². The molecule has 0 unspecified atom stereocenters. The largest absolute Gasteiger partial charge is 0.481 e. The van der Waals surface area contributed by atoms with E-state index in [0.29, 0.717) is 6.04 Å². The molecule has 0 aromatic heterocycles. The van der Waals surface area contributed by atoms with E-state index in [-0.39, 0.29) is 11.8 Å². The number of hydrogen-bond donors (Lipinski definition) is 3. The van der Waals surface area contributed by atoms with Crippen LogP contribution in [0.15, 0.2) is 24.3 Å². The normalized spacial score (nSPS) is 22.1. The number of carboxylic acid groups (broad SMARTS) is 1. The van der Waals surface area contributed by atoms with Gasteiger partial charge in [0.05, 0.1) is 5.92 Å². The minimum absolute atomic E-state index is 0.0934. The van der Waals surface area contributed by atoms with E-state index in [4.69, 9.17) is 5.11 Å². The Morgan fingerprint density at radius 3 is 2.40 bits per heavy atom. The number of benzene rings is 1. The molecule has 2 rings (SSSR count). The lowest BCUT2D eigenvalue weighted by Crippen LogP contribution is -2.29. The Morgan fingerprint density at radius 1 is 1.15 bits per heavy atom. The minimum Gasteiger partial charge on any atom is -0.481 e. The van der Waals surface area contributed by atoms with Crippen molar-refractivity contribution in [2.24, 2.45) is 5.92 Å². The molecule has 1 fully saturated rings. The molecule has 5 nitrogen and oxygen atoms in total. The van der Waals surface area contributed by atoms with Crippen molar-refractivity contribution in [1.29, 1.82) is 0 Å². The zero-order valence-electron chi connectivity index (χ0n) is 11.6. The predicted molar refractivity (Wildman–Crippen MR) is 77.8 cm³/mol. The van der Waals surface area contributed by atoms with E-state index in [2.05, 4.69) is 10.6 Å². The van der Waals surface area contributed by atoms with Crippen molar-refractivity contribution in [2.45, 2.75) is 38.6 Å². The lowest BCUT2D eigenvalue weighted by Gasteiger charge is -2.27. The molecule has 0 bridgehead atoms. The van der Waals surface area contributed by atoms with Gasteiger partial charge in [0.1, 0.15) is 0 Å². The van der Waals surface area contributed by atoms with Crippen LogP contribution in [0.2, 0.25) is 0 Å². The summed E-state index contributed by atoms with van der Waals surface area (Å²) in [5.74, 6) is -0.973. The van der Waals surface area contributed by atoms with Crippen LogP contribution in [-0.4, -0.2) is 23.0 Å². The lowest BCUT2D eigenvalue weighted by atomic mass is 9.86. The van der Waals surface area contributed by atoms with E-state index >= 15 is 0 Å². The molecule has 0 atom stereocenters. The van der Waals surface area contributed by atoms with Crippen LogP contribution in [0.5, 0.6) is 0 Å². The number of carboxylic acids is 1. The molecule has 20 heavy (non-hydrogen) atoms. The predicted octanol–water partition coefficient (Wildman–Crippen LogP) is 2.70. The zero-order valence-corrected chi connectivity index (χ0v) is 11.6. The van der Waals surface area contributed by atoms with Crippen LogP contribution < -0.4 is 10.6 Å². The third kappa shape index (κ3) is 3.98. The molecular weight excluding hydrogens is 256 g/mol. The molecule has 1 aliphatic carbocycles. The van der Waals surface area contributed by atoms with Crippen LogP contribution in [-0.2, 0) is 9.59 Å². The summed E-state index contributed by atoms with van der Waals surface area (Å²) in [6.45, 7) is 1.48. The average molecular weight is 276 g/mol. The van der Waals surface area contributed by atoms with Gasteiger partial charge in [-0.05, 0) is 43.9 Å². The van der Waals surface area contributed by atoms with Crippen molar-refractivity contribution >= 4 is 23.3 Å². The maximum Gasteiger partial charge on any atom is 0.306 e. The fourth-order valence-electron chi connectivity index (χ4n) is 2.61. The van der Waals surface area contributed by atoms with Gasteiger partial charge in [-0.3, -0.25) is 9.59 Å². The number of anilines is 2. The Hall–Kier alpha value is -2.04. The molecule has 1 amide bonds. The van der Waals surface area contributed by atoms with Crippen molar-refractivity contribution < 1.29 is 14.7 Å². The van der Waals surface area contributed by atoms with Crippen molar-refractivity contribution in [3.05, 3.63) is 24.3 Å². The molecule has 0 heterocycles. The quantitative estimate of drug-likeness (QED) is 0.790.